The normalized spacial score (nSPS) is 20.3. The second-order valence-corrected chi connectivity index (χ2v) is 7.59. The smallest absolute Gasteiger partial charge is 0.104 e. The van der Waals surface area contributed by atoms with E-state index in [1.54, 1.807) is 0 Å². The van der Waals surface area contributed by atoms with Crippen LogP contribution in [-0.4, -0.2) is 51.3 Å². The van der Waals surface area contributed by atoms with Gasteiger partial charge >= 0.3 is 0 Å². The van der Waals surface area contributed by atoms with Crippen molar-refractivity contribution in [2.45, 2.75) is 66.3 Å². The van der Waals surface area contributed by atoms with Gasteiger partial charge in [0, 0.05) is 5.41 Å². The number of ether oxygens (including phenoxy) is 4. The van der Waals surface area contributed by atoms with E-state index in [1.165, 1.54) is 0 Å². The van der Waals surface area contributed by atoms with Crippen molar-refractivity contribution in [1.29, 1.82) is 0 Å². The van der Waals surface area contributed by atoms with Crippen molar-refractivity contribution < 1.29 is 18.9 Å². The predicted octanol–water partition coefficient (Wildman–Crippen LogP) is 3.28. The van der Waals surface area contributed by atoms with Gasteiger partial charge in [0.05, 0.1) is 45.2 Å². The van der Waals surface area contributed by atoms with Crippen molar-refractivity contribution in [2.24, 2.45) is 11.3 Å². The minimum atomic E-state index is 0.0229. The molecule has 1 saturated heterocycles. The van der Waals surface area contributed by atoms with E-state index in [2.05, 4.69) is 41.5 Å². The maximum absolute atomic E-state index is 5.92. The lowest BCUT2D eigenvalue weighted by Gasteiger charge is -2.27. The minimum Gasteiger partial charge on any atom is -0.378 e. The molecule has 0 radical (unpaired) electrons. The van der Waals surface area contributed by atoms with E-state index < -0.39 is 0 Å². The maximum Gasteiger partial charge on any atom is 0.104 e. The van der Waals surface area contributed by atoms with Crippen LogP contribution >= 0.6 is 0 Å². The van der Waals surface area contributed by atoms with E-state index >= 15 is 0 Å². The molecular formula is C17H34O4. The number of epoxide rings is 1. The van der Waals surface area contributed by atoms with Gasteiger partial charge in [0.1, 0.15) is 6.10 Å². The summed E-state index contributed by atoms with van der Waals surface area (Å²) in [7, 11) is 0. The van der Waals surface area contributed by atoms with Crippen molar-refractivity contribution in [3.8, 4) is 0 Å². The Labute approximate surface area is 130 Å². The Balaban J connectivity index is 2.19. The van der Waals surface area contributed by atoms with Gasteiger partial charge in [-0.1, -0.05) is 27.7 Å². The van der Waals surface area contributed by atoms with Crippen LogP contribution in [0.2, 0.25) is 0 Å². The van der Waals surface area contributed by atoms with Crippen LogP contribution in [0.5, 0.6) is 0 Å². The molecule has 4 heteroatoms. The van der Waals surface area contributed by atoms with Crippen LogP contribution in [0, 0.1) is 11.3 Å². The molecular weight excluding hydrogens is 268 g/mol. The molecule has 1 rings (SSSR count). The SMILES string of the molecule is CC(C)CC(COCC(C)(C)COCC1CO1)OC(C)C. The Morgan fingerprint density at radius 3 is 2.24 bits per heavy atom. The number of hydrogen-bond donors (Lipinski definition) is 0. The molecule has 0 amide bonds. The molecule has 1 fully saturated rings. The lowest BCUT2D eigenvalue weighted by molar-refractivity contribution is -0.0747. The molecule has 4 nitrogen and oxygen atoms in total. The lowest BCUT2D eigenvalue weighted by Crippen LogP contribution is -2.31. The van der Waals surface area contributed by atoms with Crippen LogP contribution in [0.3, 0.4) is 0 Å². The van der Waals surface area contributed by atoms with E-state index in [9.17, 15) is 0 Å². The lowest BCUT2D eigenvalue weighted by atomic mass is 9.96. The third kappa shape index (κ3) is 10.2. The predicted molar refractivity (Wildman–Crippen MR) is 84.6 cm³/mol. The summed E-state index contributed by atoms with van der Waals surface area (Å²) in [6.07, 6.45) is 1.79. The summed E-state index contributed by atoms with van der Waals surface area (Å²) in [5, 5.41) is 0. The van der Waals surface area contributed by atoms with Gasteiger partial charge in [-0.25, -0.2) is 0 Å². The zero-order valence-electron chi connectivity index (χ0n) is 14.7. The van der Waals surface area contributed by atoms with E-state index in [0.717, 1.165) is 13.0 Å². The Bertz CT molecular complexity index is 262. The van der Waals surface area contributed by atoms with Gasteiger partial charge < -0.3 is 18.9 Å². The number of hydrogen-bond acceptors (Lipinski definition) is 4. The maximum atomic E-state index is 5.92. The molecule has 0 aliphatic carbocycles. The van der Waals surface area contributed by atoms with Gasteiger partial charge in [-0.2, -0.15) is 0 Å². The first kappa shape index (κ1) is 18.9. The van der Waals surface area contributed by atoms with Crippen LogP contribution in [0.15, 0.2) is 0 Å². The Hall–Kier alpha value is -0.160. The Morgan fingerprint density at radius 1 is 1.10 bits per heavy atom. The van der Waals surface area contributed by atoms with Crippen LogP contribution in [-0.2, 0) is 18.9 Å². The molecule has 0 spiro atoms. The molecule has 2 atom stereocenters. The van der Waals surface area contributed by atoms with Crippen molar-refractivity contribution in [3.63, 3.8) is 0 Å². The van der Waals surface area contributed by atoms with Gasteiger partial charge in [-0.3, -0.25) is 0 Å². The summed E-state index contributed by atoms with van der Waals surface area (Å²) in [6, 6.07) is 0. The van der Waals surface area contributed by atoms with Crippen LogP contribution < -0.4 is 0 Å². The van der Waals surface area contributed by atoms with Crippen LogP contribution in [0.4, 0.5) is 0 Å². The second kappa shape index (κ2) is 9.09. The van der Waals surface area contributed by atoms with Gasteiger partial charge in [0.25, 0.3) is 0 Å². The standard InChI is InChI=1S/C17H34O4/c1-13(2)7-15(21-14(3)4)8-18-11-17(5,6)12-19-9-16-10-20-16/h13-16H,7-12H2,1-6H3. The van der Waals surface area contributed by atoms with Crippen molar-refractivity contribution >= 4 is 0 Å². The molecule has 2 unspecified atom stereocenters. The molecule has 0 bridgehead atoms. The molecule has 1 aliphatic rings. The summed E-state index contributed by atoms with van der Waals surface area (Å²) in [5.41, 5.74) is 0.0229. The van der Waals surface area contributed by atoms with Crippen LogP contribution in [0.1, 0.15) is 48.0 Å². The van der Waals surface area contributed by atoms with E-state index in [-0.39, 0.29) is 17.6 Å². The third-order valence-electron chi connectivity index (χ3n) is 3.19. The molecule has 0 aromatic carbocycles. The van der Waals surface area contributed by atoms with Gasteiger partial charge in [0.2, 0.25) is 0 Å². The van der Waals surface area contributed by atoms with Gasteiger partial charge in [0.15, 0.2) is 0 Å². The molecule has 1 aliphatic heterocycles. The highest BCUT2D eigenvalue weighted by atomic mass is 16.6. The summed E-state index contributed by atoms with van der Waals surface area (Å²) in [6.45, 7) is 16.5. The minimum absolute atomic E-state index is 0.0229. The topological polar surface area (TPSA) is 40.2 Å². The highest BCUT2D eigenvalue weighted by Crippen LogP contribution is 2.19. The average molecular weight is 302 g/mol. The monoisotopic (exact) mass is 302 g/mol. The van der Waals surface area contributed by atoms with Crippen LogP contribution in [0.25, 0.3) is 0 Å². The molecule has 0 saturated carbocycles. The third-order valence-corrected chi connectivity index (χ3v) is 3.19. The van der Waals surface area contributed by atoms with Crippen molar-refractivity contribution in [3.05, 3.63) is 0 Å². The fraction of sp³-hybridized carbons (Fsp3) is 1.00. The van der Waals surface area contributed by atoms with Crippen molar-refractivity contribution in [2.75, 3.05) is 33.0 Å². The molecule has 0 aromatic heterocycles. The first-order chi connectivity index (χ1) is 9.78. The zero-order chi connectivity index (χ0) is 15.9. The first-order valence-electron chi connectivity index (χ1n) is 8.21. The molecule has 0 N–H and O–H groups in total. The summed E-state index contributed by atoms with van der Waals surface area (Å²) in [4.78, 5) is 0. The fourth-order valence-corrected chi connectivity index (χ4v) is 2.21. The zero-order valence-corrected chi connectivity index (χ0v) is 14.7. The largest absolute Gasteiger partial charge is 0.378 e. The van der Waals surface area contributed by atoms with Gasteiger partial charge in [-0.05, 0) is 26.2 Å². The Kier molecular flexibility index (Phi) is 8.17. The summed E-state index contributed by atoms with van der Waals surface area (Å²) >= 11 is 0. The highest BCUT2D eigenvalue weighted by molar-refractivity contribution is 4.71. The van der Waals surface area contributed by atoms with E-state index in [4.69, 9.17) is 18.9 Å². The second-order valence-electron chi connectivity index (χ2n) is 7.59. The molecule has 21 heavy (non-hydrogen) atoms. The molecule has 126 valence electrons. The quantitative estimate of drug-likeness (QED) is 0.519. The Morgan fingerprint density at radius 2 is 1.71 bits per heavy atom. The van der Waals surface area contributed by atoms with Gasteiger partial charge in [-0.15, -0.1) is 0 Å². The first-order valence-corrected chi connectivity index (χ1v) is 8.21. The number of rotatable bonds is 12. The fourth-order valence-electron chi connectivity index (χ4n) is 2.21. The molecule has 1 heterocycles. The molecule has 0 aromatic rings. The van der Waals surface area contributed by atoms with E-state index in [1.807, 2.05) is 0 Å². The highest BCUT2D eigenvalue weighted by Gasteiger charge is 2.25. The van der Waals surface area contributed by atoms with E-state index in [0.29, 0.717) is 38.4 Å². The summed E-state index contributed by atoms with van der Waals surface area (Å²) in [5.74, 6) is 0.618. The van der Waals surface area contributed by atoms with Crippen molar-refractivity contribution in [1.82, 2.24) is 0 Å². The summed E-state index contributed by atoms with van der Waals surface area (Å²) < 4.78 is 22.6. The average Bonchev–Trinajstić information content (AvgIpc) is 3.10.